The molecular weight excluding hydrogens is 633 g/mol. The van der Waals surface area contributed by atoms with Crippen molar-refractivity contribution in [2.75, 3.05) is 61.4 Å². The fourth-order valence-electron chi connectivity index (χ4n) is 5.76. The van der Waals surface area contributed by atoms with Gasteiger partial charge in [-0.3, -0.25) is 14.5 Å². The first-order valence-corrected chi connectivity index (χ1v) is 15.4. The van der Waals surface area contributed by atoms with Gasteiger partial charge in [-0.15, -0.1) is 0 Å². The fourth-order valence-corrected chi connectivity index (χ4v) is 5.76. The van der Waals surface area contributed by atoms with Crippen LogP contribution in [0, 0.1) is 5.82 Å². The number of urea groups is 1. The molecule has 1 fully saturated rings. The number of piperazine rings is 1. The SMILES string of the molecule is COc1ccc(N(C(=O)Nc2ccc(F)cc2)C(C)c2nc3ccccc3c(=O)n2N2CCN(C(=O)c3nccnc3N)CC2)c(OC)c1.[HH]. The van der Waals surface area contributed by atoms with Crippen LogP contribution in [0.2, 0.25) is 0 Å². The molecule has 1 atom stereocenters. The predicted octanol–water partition coefficient (Wildman–Crippen LogP) is 4.06. The minimum Gasteiger partial charge on any atom is -0.497 e. The molecule has 1 saturated heterocycles. The van der Waals surface area contributed by atoms with Crippen molar-refractivity contribution in [1.82, 2.24) is 24.5 Å². The molecule has 0 saturated carbocycles. The lowest BCUT2D eigenvalue weighted by molar-refractivity contribution is 0.0732. The summed E-state index contributed by atoms with van der Waals surface area (Å²) in [5.74, 6) is 0.307. The van der Waals surface area contributed by atoms with Crippen LogP contribution < -0.4 is 36.0 Å². The first-order valence-electron chi connectivity index (χ1n) is 15.4. The summed E-state index contributed by atoms with van der Waals surface area (Å²) in [7, 11) is 2.99. The van der Waals surface area contributed by atoms with Gasteiger partial charge in [0.05, 0.1) is 49.9 Å². The highest BCUT2D eigenvalue weighted by atomic mass is 19.1. The summed E-state index contributed by atoms with van der Waals surface area (Å²) in [5, 5.41) is 5.01. The maximum Gasteiger partial charge on any atom is 0.327 e. The van der Waals surface area contributed by atoms with Crippen molar-refractivity contribution in [3.63, 3.8) is 0 Å². The molecule has 0 bridgehead atoms. The van der Waals surface area contributed by atoms with E-state index in [1.807, 2.05) is 0 Å². The second-order valence-corrected chi connectivity index (χ2v) is 11.2. The molecule has 1 aliphatic heterocycles. The lowest BCUT2D eigenvalue weighted by atomic mass is 10.1. The summed E-state index contributed by atoms with van der Waals surface area (Å²) in [6.45, 7) is 2.78. The van der Waals surface area contributed by atoms with E-state index in [4.69, 9.17) is 20.2 Å². The Morgan fingerprint density at radius 1 is 0.980 bits per heavy atom. The van der Waals surface area contributed by atoms with Gasteiger partial charge in [-0.1, -0.05) is 12.1 Å². The highest BCUT2D eigenvalue weighted by molar-refractivity contribution is 6.03. The van der Waals surface area contributed by atoms with Gasteiger partial charge in [0.25, 0.3) is 11.5 Å². The van der Waals surface area contributed by atoms with Gasteiger partial charge in [0.2, 0.25) is 0 Å². The van der Waals surface area contributed by atoms with Gasteiger partial charge >= 0.3 is 6.03 Å². The Balaban J connectivity index is 0.00000486. The second-order valence-electron chi connectivity index (χ2n) is 11.2. The summed E-state index contributed by atoms with van der Waals surface area (Å²) < 4.78 is 26.2. The summed E-state index contributed by atoms with van der Waals surface area (Å²) in [5.41, 5.74) is 6.79. The molecule has 15 heteroatoms. The summed E-state index contributed by atoms with van der Waals surface area (Å²) >= 11 is 0. The van der Waals surface area contributed by atoms with Crippen molar-refractivity contribution in [3.05, 3.63) is 107 Å². The molecular formula is C34H36FN9O5. The number of hydrogen-bond acceptors (Lipinski definition) is 10. The van der Waals surface area contributed by atoms with Crippen molar-refractivity contribution in [2.45, 2.75) is 13.0 Å². The molecule has 2 aromatic heterocycles. The Bertz CT molecular complexity index is 2070. The molecule has 0 radical (unpaired) electrons. The van der Waals surface area contributed by atoms with E-state index < -0.39 is 17.9 Å². The van der Waals surface area contributed by atoms with Crippen molar-refractivity contribution in [3.8, 4) is 11.5 Å². The molecule has 254 valence electrons. The highest BCUT2D eigenvalue weighted by Gasteiger charge is 2.33. The van der Waals surface area contributed by atoms with Crippen LogP contribution in [-0.2, 0) is 0 Å². The van der Waals surface area contributed by atoms with Crippen LogP contribution in [0.5, 0.6) is 11.5 Å². The van der Waals surface area contributed by atoms with Gasteiger partial charge in [0, 0.05) is 38.7 Å². The quantitative estimate of drug-likeness (QED) is 0.247. The minimum atomic E-state index is -0.876. The Morgan fingerprint density at radius 3 is 2.39 bits per heavy atom. The fraction of sp³-hybridized carbons (Fsp3) is 0.235. The number of ether oxygens (including phenoxy) is 2. The number of halogens is 1. The van der Waals surface area contributed by atoms with Gasteiger partial charge in [0.1, 0.15) is 17.3 Å². The van der Waals surface area contributed by atoms with Crippen LogP contribution in [0.3, 0.4) is 0 Å². The smallest absolute Gasteiger partial charge is 0.327 e. The first kappa shape index (κ1) is 32.7. The highest BCUT2D eigenvalue weighted by Crippen LogP contribution is 2.37. The van der Waals surface area contributed by atoms with Crippen LogP contribution in [-0.4, -0.2) is 76.9 Å². The molecule has 3 amide bonds. The third-order valence-electron chi connectivity index (χ3n) is 8.26. The van der Waals surface area contributed by atoms with E-state index in [9.17, 15) is 18.8 Å². The normalized spacial score (nSPS) is 13.6. The van der Waals surface area contributed by atoms with Crippen molar-refractivity contribution in [1.29, 1.82) is 0 Å². The Kier molecular flexibility index (Phi) is 9.24. The van der Waals surface area contributed by atoms with Crippen LogP contribution in [0.1, 0.15) is 30.7 Å². The molecule has 6 rings (SSSR count). The largest absolute Gasteiger partial charge is 0.497 e. The van der Waals surface area contributed by atoms with E-state index in [1.165, 1.54) is 60.5 Å². The van der Waals surface area contributed by atoms with Crippen molar-refractivity contribution in [2.24, 2.45) is 0 Å². The number of carbonyl (C=O) groups excluding carboxylic acids is 2. The number of para-hydroxylation sites is 1. The zero-order valence-corrected chi connectivity index (χ0v) is 27.0. The standard InChI is InChI=1S/C34H34FN9O5.H2/c1-21(43(27-13-12-24(48-2)20-28(27)49-3)34(47)39-23-10-8-22(35)9-11-23)31-40-26-7-5-4-6-25(26)32(45)44(31)42-18-16-41(17-19-42)33(46)29-30(36)38-15-14-37-29;/h4-15,20-21H,16-19H2,1-3H3,(H2,36,38)(H,39,47);1H. The molecule has 0 aliphatic carbocycles. The van der Waals surface area contributed by atoms with Gasteiger partial charge in [-0.2, -0.15) is 0 Å². The number of fused-ring (bicyclic) bond motifs is 1. The lowest BCUT2D eigenvalue weighted by Gasteiger charge is -2.39. The number of rotatable bonds is 8. The van der Waals surface area contributed by atoms with E-state index >= 15 is 0 Å². The number of nitrogen functional groups attached to an aromatic ring is 1. The van der Waals surface area contributed by atoms with Crippen LogP contribution in [0.15, 0.2) is 83.9 Å². The molecule has 14 nitrogen and oxygen atoms in total. The monoisotopic (exact) mass is 669 g/mol. The maximum atomic E-state index is 14.3. The molecule has 1 unspecified atom stereocenters. The van der Waals surface area contributed by atoms with E-state index in [-0.39, 0.29) is 56.4 Å². The van der Waals surface area contributed by atoms with E-state index in [0.29, 0.717) is 33.8 Å². The molecule has 3 heterocycles. The predicted molar refractivity (Wildman–Crippen MR) is 184 cm³/mol. The van der Waals surface area contributed by atoms with Crippen LogP contribution >= 0.6 is 0 Å². The Labute approximate surface area is 282 Å². The topological polar surface area (TPSA) is 161 Å². The lowest BCUT2D eigenvalue weighted by Crippen LogP contribution is -2.57. The molecule has 3 N–H and O–H groups in total. The number of benzene rings is 3. The summed E-state index contributed by atoms with van der Waals surface area (Å²) in [6, 6.07) is 15.9. The van der Waals surface area contributed by atoms with Crippen molar-refractivity contribution >= 4 is 40.0 Å². The number of nitrogens with one attached hydrogen (secondary N) is 1. The number of amides is 3. The molecule has 3 aromatic carbocycles. The van der Waals surface area contributed by atoms with Gasteiger partial charge < -0.3 is 30.4 Å². The average molecular weight is 670 g/mol. The summed E-state index contributed by atoms with van der Waals surface area (Å²) in [6.07, 6.45) is 2.82. The van der Waals surface area contributed by atoms with E-state index in [0.717, 1.165) is 0 Å². The second kappa shape index (κ2) is 13.9. The minimum absolute atomic E-state index is 0. The number of carbonyl (C=O) groups is 2. The van der Waals surface area contributed by atoms with Gasteiger partial charge in [-0.05, 0) is 55.5 Å². The Hall–Kier alpha value is -6.25. The molecule has 0 spiro atoms. The number of anilines is 3. The van der Waals surface area contributed by atoms with E-state index in [1.54, 1.807) is 59.3 Å². The van der Waals surface area contributed by atoms with E-state index in [2.05, 4.69) is 15.3 Å². The van der Waals surface area contributed by atoms with Crippen molar-refractivity contribution < 1.29 is 24.9 Å². The first-order chi connectivity index (χ1) is 23.7. The summed E-state index contributed by atoms with van der Waals surface area (Å²) in [4.78, 5) is 57.7. The third-order valence-corrected chi connectivity index (χ3v) is 8.26. The third kappa shape index (κ3) is 6.50. The maximum absolute atomic E-state index is 14.3. The molecule has 49 heavy (non-hydrogen) atoms. The molecule has 1 aliphatic rings. The molecule has 5 aromatic rings. The van der Waals surface area contributed by atoms with Gasteiger partial charge in [-0.25, -0.2) is 28.8 Å². The number of hydrogen-bond donors (Lipinski definition) is 2. The average Bonchev–Trinajstić information content (AvgIpc) is 3.12. The zero-order valence-electron chi connectivity index (χ0n) is 27.0. The zero-order chi connectivity index (χ0) is 34.7. The van der Waals surface area contributed by atoms with Crippen LogP contribution in [0.25, 0.3) is 10.9 Å². The number of methoxy groups -OCH3 is 2. The Morgan fingerprint density at radius 2 is 1.69 bits per heavy atom. The number of aromatic nitrogens is 4. The number of nitrogens with two attached hydrogens (primary N) is 1. The van der Waals surface area contributed by atoms with Crippen LogP contribution in [0.4, 0.5) is 26.4 Å². The number of nitrogens with zero attached hydrogens (tertiary/aromatic N) is 7. The van der Waals surface area contributed by atoms with Gasteiger partial charge in [0.15, 0.2) is 17.3 Å².